The van der Waals surface area contributed by atoms with Crippen LogP contribution in [0.3, 0.4) is 0 Å². The molecule has 1 amide bonds. The third-order valence-electron chi connectivity index (χ3n) is 5.19. The van der Waals surface area contributed by atoms with Crippen LogP contribution in [0.4, 0.5) is 0 Å². The Morgan fingerprint density at radius 3 is 2.03 bits per heavy atom. The van der Waals surface area contributed by atoms with Gasteiger partial charge in [0, 0.05) is 32.7 Å². The largest absolute Gasteiger partial charge is 0.495 e. The van der Waals surface area contributed by atoms with Crippen molar-refractivity contribution >= 4 is 15.9 Å². The second kappa shape index (κ2) is 10.4. The van der Waals surface area contributed by atoms with Crippen molar-refractivity contribution in [2.24, 2.45) is 0 Å². The summed E-state index contributed by atoms with van der Waals surface area (Å²) in [4.78, 5) is 15.2. The van der Waals surface area contributed by atoms with Gasteiger partial charge in [-0.1, -0.05) is 60.7 Å². The molecule has 168 valence electrons. The smallest absolute Gasteiger partial charge is 0.254 e. The lowest BCUT2D eigenvalue weighted by Crippen LogP contribution is -2.33. The predicted octanol–water partition coefficient (Wildman–Crippen LogP) is 3.83. The van der Waals surface area contributed by atoms with Gasteiger partial charge in [-0.05, 0) is 35.7 Å². The summed E-state index contributed by atoms with van der Waals surface area (Å²) in [6.45, 7) is 0.924. The zero-order chi connectivity index (χ0) is 23.1. The quantitative estimate of drug-likeness (QED) is 0.495. The fourth-order valence-corrected chi connectivity index (χ4v) is 4.43. The number of sulfonamides is 1. The summed E-state index contributed by atoms with van der Waals surface area (Å²) in [7, 11) is 0.530. The van der Waals surface area contributed by atoms with Gasteiger partial charge in [0.15, 0.2) is 0 Å². The monoisotopic (exact) mass is 452 g/mol. The maximum atomic E-state index is 13.5. The molecular weight excluding hydrogens is 424 g/mol. The molecule has 0 aliphatic carbocycles. The topological polar surface area (TPSA) is 66.9 Å². The lowest BCUT2D eigenvalue weighted by molar-refractivity contribution is 0.0744. The van der Waals surface area contributed by atoms with Gasteiger partial charge in [-0.15, -0.1) is 0 Å². The second-order valence-corrected chi connectivity index (χ2v) is 9.72. The molecule has 0 radical (unpaired) electrons. The van der Waals surface area contributed by atoms with E-state index in [0.29, 0.717) is 25.1 Å². The van der Waals surface area contributed by atoms with Gasteiger partial charge in [0.1, 0.15) is 10.6 Å². The number of benzene rings is 3. The molecule has 0 aromatic heterocycles. The van der Waals surface area contributed by atoms with E-state index >= 15 is 0 Å². The van der Waals surface area contributed by atoms with Crippen molar-refractivity contribution < 1.29 is 17.9 Å². The lowest BCUT2D eigenvalue weighted by Gasteiger charge is -2.24. The number of hydrogen-bond donors (Lipinski definition) is 0. The SMILES string of the molecule is COc1ccc(C(=O)N(CCc2ccccc2)Cc2ccccc2)cc1S(=O)(=O)N(C)C. The number of methoxy groups -OCH3 is 1. The molecule has 0 saturated heterocycles. The van der Waals surface area contributed by atoms with Crippen molar-refractivity contribution in [2.75, 3.05) is 27.7 Å². The van der Waals surface area contributed by atoms with Crippen LogP contribution in [0, 0.1) is 0 Å². The molecule has 3 rings (SSSR count). The number of hydrogen-bond acceptors (Lipinski definition) is 4. The van der Waals surface area contributed by atoms with Crippen LogP contribution in [-0.2, 0) is 23.0 Å². The van der Waals surface area contributed by atoms with Crippen LogP contribution in [0.1, 0.15) is 21.5 Å². The summed E-state index contributed by atoms with van der Waals surface area (Å²) in [6, 6.07) is 24.2. The van der Waals surface area contributed by atoms with Crippen LogP contribution in [-0.4, -0.2) is 51.3 Å². The van der Waals surface area contributed by atoms with E-state index in [2.05, 4.69) is 0 Å². The molecule has 0 fully saturated rings. The fraction of sp³-hybridized carbons (Fsp3) is 0.240. The van der Waals surface area contributed by atoms with Crippen LogP contribution >= 0.6 is 0 Å². The van der Waals surface area contributed by atoms with Gasteiger partial charge >= 0.3 is 0 Å². The predicted molar refractivity (Wildman–Crippen MR) is 125 cm³/mol. The molecule has 0 unspecified atom stereocenters. The Hall–Kier alpha value is -3.16. The molecule has 0 spiro atoms. The van der Waals surface area contributed by atoms with Crippen molar-refractivity contribution in [3.05, 3.63) is 95.6 Å². The van der Waals surface area contributed by atoms with E-state index in [1.54, 1.807) is 11.0 Å². The van der Waals surface area contributed by atoms with Gasteiger partial charge < -0.3 is 9.64 Å². The Balaban J connectivity index is 1.94. The molecule has 0 atom stereocenters. The number of carbonyl (C=O) groups excluding carboxylic acids is 1. The van der Waals surface area contributed by atoms with Crippen molar-refractivity contribution in [1.82, 2.24) is 9.21 Å². The van der Waals surface area contributed by atoms with Gasteiger partial charge in [-0.2, -0.15) is 0 Å². The van der Waals surface area contributed by atoms with Crippen LogP contribution < -0.4 is 4.74 Å². The van der Waals surface area contributed by atoms with E-state index < -0.39 is 10.0 Å². The highest BCUT2D eigenvalue weighted by Gasteiger charge is 2.25. The minimum absolute atomic E-state index is 0.0291. The third kappa shape index (κ3) is 5.55. The molecule has 0 saturated carbocycles. The number of nitrogens with zero attached hydrogens (tertiary/aromatic N) is 2. The third-order valence-corrected chi connectivity index (χ3v) is 7.02. The van der Waals surface area contributed by atoms with E-state index in [-0.39, 0.29) is 16.6 Å². The molecule has 0 aliphatic rings. The van der Waals surface area contributed by atoms with E-state index in [1.165, 1.54) is 33.3 Å². The average Bonchev–Trinajstić information content (AvgIpc) is 2.82. The molecule has 32 heavy (non-hydrogen) atoms. The highest BCUT2D eigenvalue weighted by atomic mass is 32.2. The van der Waals surface area contributed by atoms with Crippen molar-refractivity contribution in [3.8, 4) is 5.75 Å². The van der Waals surface area contributed by atoms with Crippen molar-refractivity contribution in [3.63, 3.8) is 0 Å². The summed E-state index contributed by atoms with van der Waals surface area (Å²) >= 11 is 0. The zero-order valence-electron chi connectivity index (χ0n) is 18.6. The van der Waals surface area contributed by atoms with Crippen LogP contribution in [0.25, 0.3) is 0 Å². The zero-order valence-corrected chi connectivity index (χ0v) is 19.4. The maximum absolute atomic E-state index is 13.5. The Bertz CT molecular complexity index is 1150. The molecule has 3 aromatic rings. The first kappa shape index (κ1) is 23.5. The molecule has 6 nitrogen and oxygen atoms in total. The summed E-state index contributed by atoms with van der Waals surface area (Å²) in [5.74, 6) is -0.0308. The maximum Gasteiger partial charge on any atom is 0.254 e. The number of amides is 1. The van der Waals surface area contributed by atoms with Crippen LogP contribution in [0.2, 0.25) is 0 Å². The van der Waals surface area contributed by atoms with Gasteiger partial charge in [-0.25, -0.2) is 12.7 Å². The van der Waals surface area contributed by atoms with E-state index in [1.807, 2.05) is 60.7 Å². The van der Waals surface area contributed by atoms with Gasteiger partial charge in [-0.3, -0.25) is 4.79 Å². The number of rotatable bonds is 9. The first-order valence-corrected chi connectivity index (χ1v) is 11.7. The highest BCUT2D eigenvalue weighted by molar-refractivity contribution is 7.89. The van der Waals surface area contributed by atoms with Crippen LogP contribution in [0.15, 0.2) is 83.8 Å². The van der Waals surface area contributed by atoms with Crippen molar-refractivity contribution in [2.45, 2.75) is 17.9 Å². The summed E-state index contributed by atoms with van der Waals surface area (Å²) < 4.78 is 31.9. The first-order valence-electron chi connectivity index (χ1n) is 10.3. The molecule has 3 aromatic carbocycles. The number of carbonyl (C=O) groups is 1. The molecule has 0 heterocycles. The molecule has 0 bridgehead atoms. The summed E-state index contributed by atoms with van der Waals surface area (Å²) in [6.07, 6.45) is 0.693. The Morgan fingerprint density at radius 1 is 0.875 bits per heavy atom. The molecule has 0 N–H and O–H groups in total. The Kier molecular flexibility index (Phi) is 7.66. The highest BCUT2D eigenvalue weighted by Crippen LogP contribution is 2.27. The summed E-state index contributed by atoms with van der Waals surface area (Å²) in [5.41, 5.74) is 2.43. The summed E-state index contributed by atoms with van der Waals surface area (Å²) in [5, 5.41) is 0. The molecule has 0 aliphatic heterocycles. The fourth-order valence-electron chi connectivity index (χ4n) is 3.36. The standard InChI is InChI=1S/C25H28N2O4S/c1-26(2)32(29,30)24-18-22(14-15-23(24)31-3)25(28)27(19-21-12-8-5-9-13-21)17-16-20-10-6-4-7-11-20/h4-15,18H,16-17,19H2,1-3H3. The molecule has 7 heteroatoms. The normalized spacial score (nSPS) is 11.4. The van der Waals surface area contributed by atoms with E-state index in [4.69, 9.17) is 4.74 Å². The van der Waals surface area contributed by atoms with Gasteiger partial charge in [0.2, 0.25) is 10.0 Å². The minimum atomic E-state index is -3.78. The van der Waals surface area contributed by atoms with E-state index in [9.17, 15) is 13.2 Å². The van der Waals surface area contributed by atoms with Crippen molar-refractivity contribution in [1.29, 1.82) is 0 Å². The van der Waals surface area contributed by atoms with Gasteiger partial charge in [0.25, 0.3) is 5.91 Å². The Morgan fingerprint density at radius 2 is 1.47 bits per heavy atom. The first-order chi connectivity index (χ1) is 15.3. The number of ether oxygens (including phenoxy) is 1. The van der Waals surface area contributed by atoms with Gasteiger partial charge in [0.05, 0.1) is 7.11 Å². The lowest BCUT2D eigenvalue weighted by atomic mass is 10.1. The second-order valence-electron chi connectivity index (χ2n) is 7.60. The Labute approximate surface area is 190 Å². The van der Waals surface area contributed by atoms with Crippen LogP contribution in [0.5, 0.6) is 5.75 Å². The van der Waals surface area contributed by atoms with E-state index in [0.717, 1.165) is 15.4 Å². The average molecular weight is 453 g/mol. The minimum Gasteiger partial charge on any atom is -0.495 e. The molecular formula is C25H28N2O4S.